The van der Waals surface area contributed by atoms with Crippen LogP contribution in [0.2, 0.25) is 0 Å². The highest BCUT2D eigenvalue weighted by Gasteiger charge is 2.43. The number of ether oxygens (including phenoxy) is 1. The number of amides is 2. The molecule has 1 atom stereocenters. The molecule has 8 heteroatoms. The van der Waals surface area contributed by atoms with Crippen LogP contribution in [0, 0.1) is 5.82 Å². The fourth-order valence-electron chi connectivity index (χ4n) is 4.06. The minimum absolute atomic E-state index is 0.0758. The van der Waals surface area contributed by atoms with Gasteiger partial charge in [0.25, 0.3) is 5.91 Å². The number of thiocarbonyl (C=S) groups is 1. The number of hydrogen-bond acceptors (Lipinski definition) is 4. The van der Waals surface area contributed by atoms with Gasteiger partial charge in [0.05, 0.1) is 20.1 Å². The third-order valence-electron chi connectivity index (χ3n) is 5.92. The van der Waals surface area contributed by atoms with E-state index in [1.54, 1.807) is 54.5 Å². The van der Waals surface area contributed by atoms with Gasteiger partial charge < -0.3 is 15.0 Å². The first-order valence-corrected chi connectivity index (χ1v) is 11.7. The summed E-state index contributed by atoms with van der Waals surface area (Å²) in [6.07, 6.45) is 0.281. The maximum Gasteiger partial charge on any atom is 0.252 e. The van der Waals surface area contributed by atoms with Gasteiger partial charge in [-0.3, -0.25) is 14.5 Å². The lowest BCUT2D eigenvalue weighted by atomic mass is 10.1. The molecule has 0 bridgehead atoms. The summed E-state index contributed by atoms with van der Waals surface area (Å²) in [6.45, 7) is 0.628. The second-order valence-electron chi connectivity index (χ2n) is 8.22. The Balaban J connectivity index is 1.51. The second-order valence-corrected chi connectivity index (χ2v) is 8.59. The number of methoxy groups -OCH3 is 1. The molecule has 1 heterocycles. The number of carbonyl (C=O) groups is 2. The highest BCUT2D eigenvalue weighted by molar-refractivity contribution is 7.80. The Bertz CT molecular complexity index is 1200. The van der Waals surface area contributed by atoms with Crippen molar-refractivity contribution in [1.29, 1.82) is 0 Å². The lowest BCUT2D eigenvalue weighted by molar-refractivity contribution is -0.131. The molecule has 2 amide bonds. The van der Waals surface area contributed by atoms with Crippen molar-refractivity contribution in [2.75, 3.05) is 19.0 Å². The number of hydrogen-bond donors (Lipinski definition) is 1. The summed E-state index contributed by atoms with van der Waals surface area (Å²) in [4.78, 5) is 29.5. The van der Waals surface area contributed by atoms with Crippen molar-refractivity contribution in [3.8, 4) is 5.75 Å². The molecule has 1 aliphatic heterocycles. The Hall–Kier alpha value is -3.78. The molecule has 35 heavy (non-hydrogen) atoms. The summed E-state index contributed by atoms with van der Waals surface area (Å²) in [5.74, 6) is -0.180. The summed E-state index contributed by atoms with van der Waals surface area (Å²) in [6, 6.07) is 22.2. The maximum atomic E-state index is 14.2. The molecular formula is C27H26FN3O3S. The van der Waals surface area contributed by atoms with Crippen molar-refractivity contribution in [2.24, 2.45) is 0 Å². The largest absolute Gasteiger partial charge is 0.497 e. The maximum absolute atomic E-state index is 14.2. The summed E-state index contributed by atoms with van der Waals surface area (Å²) in [7, 11) is 1.57. The van der Waals surface area contributed by atoms with Crippen LogP contribution in [0.1, 0.15) is 17.5 Å². The fourth-order valence-corrected chi connectivity index (χ4v) is 4.43. The van der Waals surface area contributed by atoms with Gasteiger partial charge in [-0.05, 0) is 60.1 Å². The normalized spacial score (nSPS) is 15.4. The monoisotopic (exact) mass is 491 g/mol. The van der Waals surface area contributed by atoms with Crippen molar-refractivity contribution in [3.05, 3.63) is 95.8 Å². The zero-order chi connectivity index (χ0) is 24.8. The molecule has 0 aromatic heterocycles. The zero-order valence-electron chi connectivity index (χ0n) is 19.3. The minimum atomic E-state index is -0.767. The Morgan fingerprint density at radius 3 is 2.40 bits per heavy atom. The SMILES string of the molecule is COc1ccc(NC(=O)C[C@@H]2C(=O)N(Cc3ccccc3)C(=S)N2CCc2ccccc2F)cc1. The predicted molar refractivity (Wildman–Crippen MR) is 136 cm³/mol. The van der Waals surface area contributed by atoms with Crippen LogP contribution in [0.15, 0.2) is 78.9 Å². The molecule has 3 aromatic rings. The van der Waals surface area contributed by atoms with E-state index in [4.69, 9.17) is 17.0 Å². The molecule has 0 aliphatic carbocycles. The number of halogens is 1. The van der Waals surface area contributed by atoms with Gasteiger partial charge in [-0.25, -0.2) is 4.39 Å². The Labute approximate surface area is 209 Å². The molecule has 180 valence electrons. The third-order valence-corrected chi connectivity index (χ3v) is 6.37. The van der Waals surface area contributed by atoms with Crippen molar-refractivity contribution in [2.45, 2.75) is 25.4 Å². The molecule has 1 N–H and O–H groups in total. The molecule has 0 saturated carbocycles. The molecule has 4 rings (SSSR count). The summed E-state index contributed by atoms with van der Waals surface area (Å²) in [5, 5.41) is 3.17. The number of rotatable bonds is 9. The van der Waals surface area contributed by atoms with E-state index in [9.17, 15) is 14.0 Å². The van der Waals surface area contributed by atoms with E-state index in [1.165, 1.54) is 11.0 Å². The average molecular weight is 492 g/mol. The van der Waals surface area contributed by atoms with Crippen molar-refractivity contribution < 1.29 is 18.7 Å². The minimum Gasteiger partial charge on any atom is -0.497 e. The Morgan fingerprint density at radius 1 is 1.03 bits per heavy atom. The van der Waals surface area contributed by atoms with Gasteiger partial charge in [-0.15, -0.1) is 0 Å². The van der Waals surface area contributed by atoms with Gasteiger partial charge in [-0.1, -0.05) is 48.5 Å². The highest BCUT2D eigenvalue weighted by atomic mass is 32.1. The lowest BCUT2D eigenvalue weighted by Gasteiger charge is -2.24. The summed E-state index contributed by atoms with van der Waals surface area (Å²) < 4.78 is 19.3. The number of nitrogens with one attached hydrogen (secondary N) is 1. The smallest absolute Gasteiger partial charge is 0.252 e. The van der Waals surface area contributed by atoms with Crippen LogP contribution in [0.5, 0.6) is 5.75 Å². The highest BCUT2D eigenvalue weighted by Crippen LogP contribution is 2.25. The van der Waals surface area contributed by atoms with Crippen LogP contribution < -0.4 is 10.1 Å². The van der Waals surface area contributed by atoms with E-state index in [0.29, 0.717) is 41.6 Å². The van der Waals surface area contributed by atoms with Crippen LogP contribution in [-0.2, 0) is 22.6 Å². The van der Waals surface area contributed by atoms with Crippen LogP contribution in [0.3, 0.4) is 0 Å². The third kappa shape index (κ3) is 5.84. The molecular weight excluding hydrogens is 465 g/mol. The molecule has 3 aromatic carbocycles. The molecule has 1 fully saturated rings. The first kappa shape index (κ1) is 24.3. The van der Waals surface area contributed by atoms with E-state index in [-0.39, 0.29) is 24.1 Å². The number of nitrogens with zero attached hydrogens (tertiary/aromatic N) is 2. The van der Waals surface area contributed by atoms with Gasteiger partial charge in [0.2, 0.25) is 5.91 Å². The second kappa shape index (κ2) is 11.1. The van der Waals surface area contributed by atoms with E-state index in [0.717, 1.165) is 5.56 Å². The van der Waals surface area contributed by atoms with Gasteiger partial charge in [0.1, 0.15) is 17.6 Å². The number of anilines is 1. The van der Waals surface area contributed by atoms with Crippen molar-refractivity contribution in [1.82, 2.24) is 9.80 Å². The summed E-state index contributed by atoms with van der Waals surface area (Å²) in [5.41, 5.74) is 2.06. The number of benzene rings is 3. The number of carbonyl (C=O) groups excluding carboxylic acids is 2. The van der Waals surface area contributed by atoms with Crippen molar-refractivity contribution in [3.63, 3.8) is 0 Å². The predicted octanol–water partition coefficient (Wildman–Crippen LogP) is 4.40. The fraction of sp³-hybridized carbons (Fsp3) is 0.222. The van der Waals surface area contributed by atoms with E-state index in [2.05, 4.69) is 5.32 Å². The van der Waals surface area contributed by atoms with Gasteiger partial charge in [0.15, 0.2) is 5.11 Å². The zero-order valence-corrected chi connectivity index (χ0v) is 20.1. The molecule has 0 radical (unpaired) electrons. The first-order valence-electron chi connectivity index (χ1n) is 11.3. The van der Waals surface area contributed by atoms with Gasteiger partial charge >= 0.3 is 0 Å². The van der Waals surface area contributed by atoms with Crippen LogP contribution in [-0.4, -0.2) is 46.4 Å². The molecule has 0 unspecified atom stereocenters. The van der Waals surface area contributed by atoms with Crippen LogP contribution in [0.25, 0.3) is 0 Å². The van der Waals surface area contributed by atoms with Crippen LogP contribution >= 0.6 is 12.2 Å². The van der Waals surface area contributed by atoms with Gasteiger partial charge in [-0.2, -0.15) is 0 Å². The first-order chi connectivity index (χ1) is 17.0. The summed E-state index contributed by atoms with van der Waals surface area (Å²) >= 11 is 5.67. The van der Waals surface area contributed by atoms with Gasteiger partial charge in [0, 0.05) is 12.2 Å². The van der Waals surface area contributed by atoms with Crippen LogP contribution in [0.4, 0.5) is 10.1 Å². The quantitative estimate of drug-likeness (QED) is 0.450. The Kier molecular flexibility index (Phi) is 7.72. The molecule has 1 aliphatic rings. The molecule has 6 nitrogen and oxygen atoms in total. The standard InChI is InChI=1S/C27H26FN3O3S/c1-34-22-13-11-21(12-14-22)29-25(32)17-24-26(33)31(18-19-7-3-2-4-8-19)27(35)30(24)16-15-20-9-5-6-10-23(20)28/h2-14,24H,15-18H2,1H3,(H,29,32)/t24-/m1/s1. The molecule has 0 spiro atoms. The topological polar surface area (TPSA) is 61.9 Å². The average Bonchev–Trinajstić information content (AvgIpc) is 3.08. The Morgan fingerprint density at radius 2 is 1.71 bits per heavy atom. The van der Waals surface area contributed by atoms with E-state index >= 15 is 0 Å². The van der Waals surface area contributed by atoms with E-state index < -0.39 is 6.04 Å². The molecule has 1 saturated heterocycles. The van der Waals surface area contributed by atoms with Crippen molar-refractivity contribution >= 4 is 34.8 Å². The van der Waals surface area contributed by atoms with E-state index in [1.807, 2.05) is 30.3 Å². The lowest BCUT2D eigenvalue weighted by Crippen LogP contribution is -2.39.